The van der Waals surface area contributed by atoms with Gasteiger partial charge in [-0.3, -0.25) is 0 Å². The van der Waals surface area contributed by atoms with Crippen LogP contribution in [0.1, 0.15) is 17.2 Å². The first kappa shape index (κ1) is 20.6. The van der Waals surface area contributed by atoms with Crippen LogP contribution in [-0.4, -0.2) is 34.6 Å². The molecule has 0 bridgehead atoms. The third kappa shape index (κ3) is 4.28. The number of benzene rings is 2. The molecule has 0 aliphatic carbocycles. The van der Waals surface area contributed by atoms with Crippen LogP contribution in [-0.2, 0) is 26.5 Å². The SMILES string of the molecule is COC(c1ccc(Cl)cc1)[C@@H]1CO[C@@](Cn2cncn2)(c2ccc(Cl)cc2Cl)O1. The zero-order valence-corrected chi connectivity index (χ0v) is 17.7. The van der Waals surface area contributed by atoms with Crippen LogP contribution in [0.2, 0.25) is 15.1 Å². The zero-order chi connectivity index (χ0) is 20.4. The van der Waals surface area contributed by atoms with Gasteiger partial charge in [0.15, 0.2) is 0 Å². The summed E-state index contributed by atoms with van der Waals surface area (Å²) in [6.45, 7) is 0.566. The van der Waals surface area contributed by atoms with Crippen molar-refractivity contribution in [3.8, 4) is 0 Å². The molecule has 0 spiro atoms. The Bertz CT molecular complexity index is 969. The molecule has 1 saturated heterocycles. The van der Waals surface area contributed by atoms with Gasteiger partial charge in [-0.2, -0.15) is 5.10 Å². The van der Waals surface area contributed by atoms with Crippen LogP contribution in [0.3, 0.4) is 0 Å². The van der Waals surface area contributed by atoms with Crippen molar-refractivity contribution >= 4 is 34.8 Å². The largest absolute Gasteiger partial charge is 0.374 e. The highest BCUT2D eigenvalue weighted by Gasteiger charge is 2.48. The van der Waals surface area contributed by atoms with Gasteiger partial charge in [0, 0.05) is 22.7 Å². The second-order valence-corrected chi connectivity index (χ2v) is 7.93. The lowest BCUT2D eigenvalue weighted by molar-refractivity contribution is -0.199. The maximum atomic E-state index is 6.50. The standard InChI is InChI=1S/C20H18Cl3N3O3/c1-27-19(13-2-4-14(21)5-3-13)18-9-28-20(29-18,10-26-12-24-11-25-26)16-7-6-15(22)8-17(16)23/h2-8,11-12,18-19H,9-10H2,1H3/t18-,19?,20+/m0/s1. The number of hydrogen-bond acceptors (Lipinski definition) is 5. The highest BCUT2D eigenvalue weighted by molar-refractivity contribution is 6.35. The average molecular weight is 455 g/mol. The molecule has 1 unspecified atom stereocenters. The molecule has 1 fully saturated rings. The monoisotopic (exact) mass is 453 g/mol. The van der Waals surface area contributed by atoms with Gasteiger partial charge < -0.3 is 14.2 Å². The van der Waals surface area contributed by atoms with E-state index >= 15 is 0 Å². The molecule has 9 heteroatoms. The number of rotatable bonds is 6. The summed E-state index contributed by atoms with van der Waals surface area (Å²) in [7, 11) is 1.63. The van der Waals surface area contributed by atoms with E-state index < -0.39 is 5.79 Å². The number of aromatic nitrogens is 3. The van der Waals surface area contributed by atoms with E-state index in [-0.39, 0.29) is 18.8 Å². The van der Waals surface area contributed by atoms with Crippen molar-refractivity contribution in [3.05, 3.63) is 81.3 Å². The van der Waals surface area contributed by atoms with Crippen LogP contribution in [0, 0.1) is 0 Å². The van der Waals surface area contributed by atoms with Gasteiger partial charge in [0.05, 0.1) is 11.6 Å². The third-order valence-corrected chi connectivity index (χ3v) is 5.59. The highest BCUT2D eigenvalue weighted by atomic mass is 35.5. The smallest absolute Gasteiger partial charge is 0.217 e. The van der Waals surface area contributed by atoms with Crippen molar-refractivity contribution in [1.82, 2.24) is 14.8 Å². The summed E-state index contributed by atoms with van der Waals surface area (Å²) in [5, 5.41) is 5.81. The third-order valence-electron chi connectivity index (χ3n) is 4.79. The van der Waals surface area contributed by atoms with Crippen LogP contribution in [0.4, 0.5) is 0 Å². The first-order valence-electron chi connectivity index (χ1n) is 8.89. The number of hydrogen-bond donors (Lipinski definition) is 0. The van der Waals surface area contributed by atoms with E-state index in [4.69, 9.17) is 49.0 Å². The molecule has 1 aromatic heterocycles. The van der Waals surface area contributed by atoms with E-state index in [1.165, 1.54) is 6.33 Å². The second kappa shape index (κ2) is 8.60. The van der Waals surface area contributed by atoms with Gasteiger partial charge in [-0.15, -0.1) is 0 Å². The molecule has 3 aromatic rings. The second-order valence-electron chi connectivity index (χ2n) is 6.65. The fourth-order valence-corrected chi connectivity index (χ4v) is 4.15. The molecule has 152 valence electrons. The number of methoxy groups -OCH3 is 1. The maximum absolute atomic E-state index is 6.50. The molecule has 1 aliphatic rings. The van der Waals surface area contributed by atoms with Crippen LogP contribution in [0.25, 0.3) is 0 Å². The molecule has 0 amide bonds. The number of ether oxygens (including phenoxy) is 3. The van der Waals surface area contributed by atoms with Gasteiger partial charge in [-0.1, -0.05) is 53.0 Å². The Balaban J connectivity index is 1.68. The lowest BCUT2D eigenvalue weighted by Gasteiger charge is -2.30. The molecule has 0 radical (unpaired) electrons. The van der Waals surface area contributed by atoms with Crippen molar-refractivity contribution in [3.63, 3.8) is 0 Å². The minimum Gasteiger partial charge on any atom is -0.374 e. The Kier molecular flexibility index (Phi) is 6.11. The van der Waals surface area contributed by atoms with E-state index in [1.54, 1.807) is 36.3 Å². The molecule has 2 aromatic carbocycles. The first-order chi connectivity index (χ1) is 14.0. The van der Waals surface area contributed by atoms with Crippen molar-refractivity contribution in [2.24, 2.45) is 0 Å². The van der Waals surface area contributed by atoms with Gasteiger partial charge in [-0.05, 0) is 29.8 Å². The van der Waals surface area contributed by atoms with Crippen LogP contribution < -0.4 is 0 Å². The molecule has 0 N–H and O–H groups in total. The van der Waals surface area contributed by atoms with Crippen molar-refractivity contribution < 1.29 is 14.2 Å². The van der Waals surface area contributed by atoms with Gasteiger partial charge in [0.1, 0.15) is 31.4 Å². The van der Waals surface area contributed by atoms with Crippen LogP contribution >= 0.6 is 34.8 Å². The maximum Gasteiger partial charge on any atom is 0.217 e. The van der Waals surface area contributed by atoms with Gasteiger partial charge >= 0.3 is 0 Å². The lowest BCUT2D eigenvalue weighted by Crippen LogP contribution is -2.35. The minimum absolute atomic E-state index is 0.266. The van der Waals surface area contributed by atoms with Crippen LogP contribution in [0.5, 0.6) is 0 Å². The Morgan fingerprint density at radius 3 is 2.59 bits per heavy atom. The molecule has 2 heterocycles. The quantitative estimate of drug-likeness (QED) is 0.530. The summed E-state index contributed by atoms with van der Waals surface area (Å²) < 4.78 is 20.1. The Morgan fingerprint density at radius 1 is 1.17 bits per heavy atom. The summed E-state index contributed by atoms with van der Waals surface area (Å²) in [6.07, 6.45) is 2.32. The van der Waals surface area contributed by atoms with E-state index in [1.807, 2.05) is 24.3 Å². The van der Waals surface area contributed by atoms with Crippen molar-refractivity contribution in [1.29, 1.82) is 0 Å². The molecule has 0 saturated carbocycles. The minimum atomic E-state index is -1.16. The van der Waals surface area contributed by atoms with Crippen LogP contribution in [0.15, 0.2) is 55.1 Å². The lowest BCUT2D eigenvalue weighted by atomic mass is 10.0. The Labute approximate surface area is 183 Å². The molecule has 6 nitrogen and oxygen atoms in total. The molecule has 3 atom stereocenters. The number of halogens is 3. The topological polar surface area (TPSA) is 58.4 Å². The molecule has 1 aliphatic heterocycles. The summed E-state index contributed by atoms with van der Waals surface area (Å²) in [5.74, 6) is -1.16. The summed E-state index contributed by atoms with van der Waals surface area (Å²) in [4.78, 5) is 4.00. The predicted molar refractivity (Wildman–Crippen MR) is 110 cm³/mol. The molecular formula is C20H18Cl3N3O3. The molecule has 4 rings (SSSR count). The normalized spacial score (nSPS) is 22.7. The van der Waals surface area contributed by atoms with Gasteiger partial charge in [0.2, 0.25) is 5.79 Å². The molecular weight excluding hydrogens is 437 g/mol. The fourth-order valence-electron chi connectivity index (χ4n) is 3.47. The first-order valence-corrected chi connectivity index (χ1v) is 10.0. The van der Waals surface area contributed by atoms with E-state index in [0.717, 1.165) is 5.56 Å². The average Bonchev–Trinajstić information content (AvgIpc) is 3.35. The number of nitrogens with zero attached hydrogens (tertiary/aromatic N) is 3. The van der Waals surface area contributed by atoms with E-state index in [9.17, 15) is 0 Å². The zero-order valence-electron chi connectivity index (χ0n) is 15.5. The Hall–Kier alpha value is -1.67. The molecule has 29 heavy (non-hydrogen) atoms. The Morgan fingerprint density at radius 2 is 1.93 bits per heavy atom. The van der Waals surface area contributed by atoms with Crippen molar-refractivity contribution in [2.75, 3.05) is 13.7 Å². The highest BCUT2D eigenvalue weighted by Crippen LogP contribution is 2.43. The predicted octanol–water partition coefficient (Wildman–Crippen LogP) is 4.89. The summed E-state index contributed by atoms with van der Waals surface area (Å²) in [5.41, 5.74) is 1.59. The summed E-state index contributed by atoms with van der Waals surface area (Å²) >= 11 is 18.6. The van der Waals surface area contributed by atoms with Crippen molar-refractivity contribution in [2.45, 2.75) is 24.5 Å². The fraction of sp³-hybridized carbons (Fsp3) is 0.300. The van der Waals surface area contributed by atoms with Gasteiger partial charge in [-0.25, -0.2) is 9.67 Å². The summed E-state index contributed by atoms with van der Waals surface area (Å²) in [6, 6.07) is 12.7. The van der Waals surface area contributed by atoms with E-state index in [2.05, 4.69) is 10.1 Å². The van der Waals surface area contributed by atoms with Gasteiger partial charge in [0.25, 0.3) is 0 Å². The van der Waals surface area contributed by atoms with E-state index in [0.29, 0.717) is 27.2 Å².